The van der Waals surface area contributed by atoms with E-state index in [1.54, 1.807) is 25.4 Å². The number of pyridine rings is 1. The van der Waals surface area contributed by atoms with Gasteiger partial charge in [-0.3, -0.25) is 4.79 Å². The number of H-pyrrole nitrogens is 1. The van der Waals surface area contributed by atoms with Gasteiger partial charge in [0, 0.05) is 60.1 Å². The molecule has 7 heteroatoms. The normalized spacial score (nSPS) is 16.6. The minimum absolute atomic E-state index is 0.0617. The first-order valence-corrected chi connectivity index (χ1v) is 10.3. The van der Waals surface area contributed by atoms with E-state index >= 15 is 0 Å². The lowest BCUT2D eigenvalue weighted by atomic mass is 10.0. The van der Waals surface area contributed by atoms with Gasteiger partial charge in [-0.2, -0.15) is 0 Å². The van der Waals surface area contributed by atoms with Gasteiger partial charge in [0.15, 0.2) is 17.6 Å². The van der Waals surface area contributed by atoms with Crippen LogP contribution in [0.1, 0.15) is 6.92 Å². The Kier molecular flexibility index (Phi) is 4.95. The molecule has 7 nitrogen and oxygen atoms in total. The van der Waals surface area contributed by atoms with E-state index in [0.717, 1.165) is 36.6 Å². The number of aromatic nitrogens is 2. The van der Waals surface area contributed by atoms with Crippen LogP contribution in [-0.4, -0.2) is 42.8 Å². The third kappa shape index (κ3) is 3.68. The van der Waals surface area contributed by atoms with Crippen molar-refractivity contribution in [2.45, 2.75) is 13.0 Å². The Hall–Kier alpha value is -3.58. The van der Waals surface area contributed by atoms with Crippen molar-refractivity contribution in [3.8, 4) is 28.3 Å². The number of fused-ring (bicyclic) bond motifs is 1. The van der Waals surface area contributed by atoms with Crippen molar-refractivity contribution in [1.29, 1.82) is 0 Å². The summed E-state index contributed by atoms with van der Waals surface area (Å²) in [6.07, 6.45) is 2.97. The van der Waals surface area contributed by atoms with Crippen molar-refractivity contribution in [2.24, 2.45) is 0 Å². The van der Waals surface area contributed by atoms with Gasteiger partial charge in [0.05, 0.1) is 24.4 Å². The van der Waals surface area contributed by atoms with E-state index in [1.165, 1.54) is 6.39 Å². The van der Waals surface area contributed by atoms with Crippen molar-refractivity contribution < 1.29 is 9.15 Å². The average molecular weight is 416 g/mol. The number of nitrogens with zero attached hydrogens (tertiary/aromatic N) is 2. The Morgan fingerprint density at radius 3 is 2.90 bits per heavy atom. The van der Waals surface area contributed by atoms with Crippen LogP contribution < -0.4 is 20.4 Å². The predicted octanol–water partition coefficient (Wildman–Crippen LogP) is 3.66. The molecule has 1 atom stereocenters. The van der Waals surface area contributed by atoms with Gasteiger partial charge in [-0.15, -0.1) is 0 Å². The highest BCUT2D eigenvalue weighted by molar-refractivity contribution is 5.88. The first-order chi connectivity index (χ1) is 15.1. The van der Waals surface area contributed by atoms with Crippen LogP contribution in [0.3, 0.4) is 0 Å². The maximum atomic E-state index is 13.0. The van der Waals surface area contributed by atoms with Gasteiger partial charge >= 0.3 is 0 Å². The minimum Gasteiger partial charge on any atom is -0.496 e. The second kappa shape index (κ2) is 7.92. The monoisotopic (exact) mass is 416 g/mol. The maximum absolute atomic E-state index is 13.0. The molecule has 2 N–H and O–H groups in total. The molecule has 1 aliphatic heterocycles. The molecule has 2 aromatic heterocycles. The standard InChI is InChI=1S/C24H24N4O3/c1-15-13-28(7-6-26-15)17-5-3-4-16(8-17)20-10-22(29)18-9-19(24-12-25-14-31-24)23(30-2)11-21(18)27-20/h3-5,8-12,14-15,26H,6-7,13H2,1-2H3,(H,27,29)/t15-/m0/s1. The molecule has 4 aromatic rings. The fraction of sp³-hybridized carbons (Fsp3) is 0.250. The second-order valence-corrected chi connectivity index (χ2v) is 7.86. The minimum atomic E-state index is -0.0617. The molecule has 0 spiro atoms. The highest BCUT2D eigenvalue weighted by Crippen LogP contribution is 2.33. The van der Waals surface area contributed by atoms with Crippen LogP contribution in [-0.2, 0) is 0 Å². The molecule has 31 heavy (non-hydrogen) atoms. The third-order valence-corrected chi connectivity index (χ3v) is 5.74. The fourth-order valence-electron chi connectivity index (χ4n) is 4.18. The number of benzene rings is 2. The zero-order valence-electron chi connectivity index (χ0n) is 17.5. The molecule has 1 saturated heterocycles. The highest BCUT2D eigenvalue weighted by atomic mass is 16.5. The summed E-state index contributed by atoms with van der Waals surface area (Å²) < 4.78 is 11.0. The van der Waals surface area contributed by atoms with Crippen LogP contribution in [0.2, 0.25) is 0 Å². The molecule has 3 heterocycles. The Morgan fingerprint density at radius 1 is 1.23 bits per heavy atom. The zero-order valence-corrected chi connectivity index (χ0v) is 17.5. The summed E-state index contributed by atoms with van der Waals surface area (Å²) >= 11 is 0. The Bertz CT molecular complexity index is 1280. The van der Waals surface area contributed by atoms with E-state index in [-0.39, 0.29) is 5.43 Å². The molecule has 1 aliphatic rings. The Balaban J connectivity index is 1.58. The zero-order chi connectivity index (χ0) is 21.4. The molecule has 0 unspecified atom stereocenters. The van der Waals surface area contributed by atoms with Crippen LogP contribution in [0.25, 0.3) is 33.5 Å². The van der Waals surface area contributed by atoms with Crippen molar-refractivity contribution in [3.05, 3.63) is 65.3 Å². The van der Waals surface area contributed by atoms with E-state index < -0.39 is 0 Å². The number of oxazole rings is 1. The Labute approximate surface area is 179 Å². The van der Waals surface area contributed by atoms with Crippen molar-refractivity contribution in [1.82, 2.24) is 15.3 Å². The summed E-state index contributed by atoms with van der Waals surface area (Å²) in [5.74, 6) is 1.17. The van der Waals surface area contributed by atoms with Gasteiger partial charge < -0.3 is 24.4 Å². The largest absolute Gasteiger partial charge is 0.496 e. The predicted molar refractivity (Wildman–Crippen MR) is 122 cm³/mol. The lowest BCUT2D eigenvalue weighted by molar-refractivity contribution is 0.415. The van der Waals surface area contributed by atoms with E-state index in [1.807, 2.05) is 18.2 Å². The second-order valence-electron chi connectivity index (χ2n) is 7.86. The summed E-state index contributed by atoms with van der Waals surface area (Å²) in [7, 11) is 1.60. The van der Waals surface area contributed by atoms with Crippen molar-refractivity contribution >= 4 is 16.6 Å². The smallest absolute Gasteiger partial charge is 0.190 e. The number of anilines is 1. The number of methoxy groups -OCH3 is 1. The molecule has 0 radical (unpaired) electrons. The molecule has 1 fully saturated rings. The van der Waals surface area contributed by atoms with Crippen LogP contribution in [0, 0.1) is 0 Å². The fourth-order valence-corrected chi connectivity index (χ4v) is 4.18. The first-order valence-electron chi connectivity index (χ1n) is 10.3. The van der Waals surface area contributed by atoms with Crippen molar-refractivity contribution in [3.63, 3.8) is 0 Å². The van der Waals surface area contributed by atoms with Gasteiger partial charge in [-0.05, 0) is 25.1 Å². The third-order valence-electron chi connectivity index (χ3n) is 5.74. The summed E-state index contributed by atoms with van der Waals surface area (Å²) in [5, 5.41) is 4.04. The lowest BCUT2D eigenvalue weighted by Gasteiger charge is -2.33. The summed E-state index contributed by atoms with van der Waals surface area (Å²) in [6.45, 7) is 5.08. The van der Waals surface area contributed by atoms with Crippen LogP contribution >= 0.6 is 0 Å². The summed E-state index contributed by atoms with van der Waals surface area (Å²) in [6, 6.07) is 14.0. The number of rotatable bonds is 4. The molecule has 158 valence electrons. The molecule has 0 saturated carbocycles. The SMILES string of the molecule is COc1cc2[nH]c(-c3cccc(N4CCN[C@@H](C)C4)c3)cc(=O)c2cc1-c1cnco1. The average Bonchev–Trinajstić information content (AvgIpc) is 3.33. The molecule has 5 rings (SSSR count). The van der Waals surface area contributed by atoms with E-state index in [4.69, 9.17) is 9.15 Å². The number of ether oxygens (including phenoxy) is 1. The lowest BCUT2D eigenvalue weighted by Crippen LogP contribution is -2.49. The topological polar surface area (TPSA) is 83.4 Å². The molecule has 0 amide bonds. The van der Waals surface area contributed by atoms with Crippen LogP contribution in [0.4, 0.5) is 5.69 Å². The van der Waals surface area contributed by atoms with Crippen LogP contribution in [0.5, 0.6) is 5.75 Å². The molecular weight excluding hydrogens is 392 g/mol. The number of nitrogens with one attached hydrogen (secondary N) is 2. The number of hydrogen-bond donors (Lipinski definition) is 2. The first kappa shape index (κ1) is 19.4. The van der Waals surface area contributed by atoms with Gasteiger partial charge in [-0.25, -0.2) is 4.98 Å². The summed E-state index contributed by atoms with van der Waals surface area (Å²) in [5.41, 5.74) is 4.25. The number of aromatic amines is 1. The quantitative estimate of drug-likeness (QED) is 0.528. The molecular formula is C24H24N4O3. The van der Waals surface area contributed by atoms with Crippen molar-refractivity contribution in [2.75, 3.05) is 31.6 Å². The number of piperazine rings is 1. The van der Waals surface area contributed by atoms with E-state index in [9.17, 15) is 4.79 Å². The number of hydrogen-bond acceptors (Lipinski definition) is 6. The van der Waals surface area contributed by atoms with Crippen LogP contribution in [0.15, 0.2) is 64.3 Å². The van der Waals surface area contributed by atoms with E-state index in [2.05, 4.69) is 39.2 Å². The summed E-state index contributed by atoms with van der Waals surface area (Å²) in [4.78, 5) is 22.7. The molecule has 0 bridgehead atoms. The molecule has 0 aliphatic carbocycles. The molecule has 2 aromatic carbocycles. The Morgan fingerprint density at radius 2 is 2.13 bits per heavy atom. The van der Waals surface area contributed by atoms with E-state index in [0.29, 0.717) is 34.0 Å². The van der Waals surface area contributed by atoms with Gasteiger partial charge in [0.2, 0.25) is 0 Å². The van der Waals surface area contributed by atoms with Gasteiger partial charge in [-0.1, -0.05) is 12.1 Å². The maximum Gasteiger partial charge on any atom is 0.190 e. The highest BCUT2D eigenvalue weighted by Gasteiger charge is 2.17. The van der Waals surface area contributed by atoms with Gasteiger partial charge in [0.25, 0.3) is 0 Å². The van der Waals surface area contributed by atoms with Gasteiger partial charge in [0.1, 0.15) is 5.75 Å².